The highest BCUT2D eigenvalue weighted by molar-refractivity contribution is 5.91. The molecular weight excluding hydrogens is 308 g/mol. The third-order valence-electron chi connectivity index (χ3n) is 5.97. The lowest BCUT2D eigenvalue weighted by atomic mass is 9.56. The summed E-state index contributed by atoms with van der Waals surface area (Å²) in [7, 11) is 0. The van der Waals surface area contributed by atoms with Gasteiger partial charge in [-0.2, -0.15) is 0 Å². The van der Waals surface area contributed by atoms with E-state index in [1.54, 1.807) is 13.0 Å². The predicted octanol–water partition coefficient (Wildman–Crippen LogP) is 1.96. The maximum absolute atomic E-state index is 10.6. The van der Waals surface area contributed by atoms with Gasteiger partial charge in [-0.3, -0.25) is 0 Å². The average molecular weight is 338 g/mol. The molecule has 2 aliphatic carbocycles. The highest BCUT2D eigenvalue weighted by Gasteiger charge is 2.48. The number of allylic oxidation sites excluding steroid dienone is 2. The molecule has 1 aliphatic heterocycles. The summed E-state index contributed by atoms with van der Waals surface area (Å²) in [4.78, 5) is 10.6. The predicted molar refractivity (Wildman–Crippen MR) is 91.1 cm³/mol. The third kappa shape index (κ3) is 3.73. The molecule has 2 saturated carbocycles. The van der Waals surface area contributed by atoms with Crippen molar-refractivity contribution < 1.29 is 24.9 Å². The fourth-order valence-electron chi connectivity index (χ4n) is 4.33. The molecule has 0 aromatic rings. The molecule has 0 bridgehead atoms. The Labute approximate surface area is 144 Å². The van der Waals surface area contributed by atoms with Gasteiger partial charge in [0.15, 0.2) is 0 Å². The molecule has 1 saturated heterocycles. The summed E-state index contributed by atoms with van der Waals surface area (Å²) in [6.45, 7) is 8.04. The lowest BCUT2D eigenvalue weighted by Gasteiger charge is -2.50. The van der Waals surface area contributed by atoms with Crippen LogP contribution in [0.2, 0.25) is 0 Å². The summed E-state index contributed by atoms with van der Waals surface area (Å²) in [5, 5.41) is 28.5. The summed E-state index contributed by atoms with van der Waals surface area (Å²) in [6, 6.07) is 0. The first-order valence-electron chi connectivity index (χ1n) is 8.80. The number of aliphatic hydroxyl groups is 3. The Balaban J connectivity index is 0.000000198. The Kier molecular flexibility index (Phi) is 6.23. The molecule has 0 aromatic carbocycles. The molecule has 0 aromatic heterocycles. The lowest BCUT2D eigenvalue weighted by Crippen LogP contribution is -2.50. The van der Waals surface area contributed by atoms with Crippen molar-refractivity contribution in [1.29, 1.82) is 0 Å². The quantitative estimate of drug-likeness (QED) is 0.386. The van der Waals surface area contributed by atoms with Gasteiger partial charge in [-0.1, -0.05) is 25.2 Å². The molecule has 3 fully saturated rings. The Bertz CT molecular complexity index is 512. The fraction of sp³-hybridized carbons (Fsp3) is 0.737. The average Bonchev–Trinajstić information content (AvgIpc) is 2.89. The van der Waals surface area contributed by atoms with Crippen LogP contribution in [0.4, 0.5) is 0 Å². The summed E-state index contributed by atoms with van der Waals surface area (Å²) < 4.78 is 4.51. The second-order valence-electron chi connectivity index (χ2n) is 7.47. The fourth-order valence-corrected chi connectivity index (χ4v) is 4.33. The van der Waals surface area contributed by atoms with Crippen LogP contribution in [0, 0.1) is 17.3 Å². The van der Waals surface area contributed by atoms with E-state index < -0.39 is 12.1 Å². The van der Waals surface area contributed by atoms with Crippen LogP contribution in [0.25, 0.3) is 0 Å². The number of fused-ring (bicyclic) bond motifs is 1. The van der Waals surface area contributed by atoms with E-state index in [9.17, 15) is 15.0 Å². The van der Waals surface area contributed by atoms with Crippen molar-refractivity contribution in [3.8, 4) is 0 Å². The second kappa shape index (κ2) is 7.81. The Morgan fingerprint density at radius 3 is 2.54 bits per heavy atom. The maximum atomic E-state index is 10.6. The van der Waals surface area contributed by atoms with Crippen LogP contribution in [0.5, 0.6) is 0 Å². The van der Waals surface area contributed by atoms with Crippen LogP contribution in [0.1, 0.15) is 46.0 Å². The van der Waals surface area contributed by atoms with Gasteiger partial charge in [0.05, 0.1) is 18.3 Å². The molecule has 3 aliphatic rings. The van der Waals surface area contributed by atoms with Crippen LogP contribution in [-0.4, -0.2) is 46.7 Å². The molecule has 0 radical (unpaired) electrons. The molecule has 1 heterocycles. The van der Waals surface area contributed by atoms with Crippen LogP contribution in [-0.2, 0) is 9.53 Å². The minimum Gasteiger partial charge on any atom is -0.459 e. The van der Waals surface area contributed by atoms with Gasteiger partial charge in [-0.05, 0) is 50.9 Å². The van der Waals surface area contributed by atoms with Crippen molar-refractivity contribution in [3.05, 3.63) is 23.8 Å². The molecule has 3 N–H and O–H groups in total. The Morgan fingerprint density at radius 1 is 1.33 bits per heavy atom. The number of ether oxygens (including phenoxy) is 1. The molecular formula is C19H30O5. The summed E-state index contributed by atoms with van der Waals surface area (Å²) in [5.41, 5.74) is 1.45. The number of carbonyl (C=O) groups excluding carboxylic acids is 1. The first kappa shape index (κ1) is 19.2. The second-order valence-corrected chi connectivity index (χ2v) is 7.47. The zero-order valence-electron chi connectivity index (χ0n) is 14.7. The van der Waals surface area contributed by atoms with Gasteiger partial charge in [0, 0.05) is 5.41 Å². The number of carbonyl (C=O) groups is 1. The van der Waals surface area contributed by atoms with Gasteiger partial charge in [-0.15, -0.1) is 0 Å². The van der Waals surface area contributed by atoms with Crippen LogP contribution in [0.15, 0.2) is 23.8 Å². The molecule has 5 heteroatoms. The van der Waals surface area contributed by atoms with Gasteiger partial charge < -0.3 is 20.1 Å². The zero-order valence-corrected chi connectivity index (χ0v) is 14.7. The molecule has 5 nitrogen and oxygen atoms in total. The first-order valence-corrected chi connectivity index (χ1v) is 8.80. The van der Waals surface area contributed by atoms with Crippen molar-refractivity contribution in [3.63, 3.8) is 0 Å². The van der Waals surface area contributed by atoms with Gasteiger partial charge in [0.25, 0.3) is 0 Å². The van der Waals surface area contributed by atoms with Crippen molar-refractivity contribution in [1.82, 2.24) is 0 Å². The van der Waals surface area contributed by atoms with Gasteiger partial charge >= 0.3 is 5.97 Å². The number of aliphatic hydroxyl groups excluding tert-OH is 3. The molecule has 5 atom stereocenters. The molecule has 5 unspecified atom stereocenters. The smallest absolute Gasteiger partial charge is 0.336 e. The van der Waals surface area contributed by atoms with E-state index in [2.05, 4.69) is 11.3 Å². The van der Waals surface area contributed by atoms with Crippen LogP contribution >= 0.6 is 0 Å². The maximum Gasteiger partial charge on any atom is 0.336 e. The molecule has 0 amide bonds. The van der Waals surface area contributed by atoms with Crippen molar-refractivity contribution >= 4 is 5.97 Å². The SMILES string of the molecule is C/C=C1/C(=O)OCC1O.C=C1CCC2C(CCC(O)C2(C)CO)C1. The zero-order chi connectivity index (χ0) is 17.9. The number of hydrogen-bond acceptors (Lipinski definition) is 5. The number of rotatable bonds is 1. The highest BCUT2D eigenvalue weighted by Crippen LogP contribution is 2.51. The molecule has 0 spiro atoms. The Hall–Kier alpha value is -1.17. The lowest BCUT2D eigenvalue weighted by molar-refractivity contribution is -0.135. The highest BCUT2D eigenvalue weighted by atomic mass is 16.6. The summed E-state index contributed by atoms with van der Waals surface area (Å²) in [5.74, 6) is 0.730. The number of cyclic esters (lactones) is 1. The van der Waals surface area contributed by atoms with Gasteiger partial charge in [0.2, 0.25) is 0 Å². The van der Waals surface area contributed by atoms with E-state index in [1.807, 2.05) is 6.92 Å². The van der Waals surface area contributed by atoms with E-state index in [0.29, 0.717) is 17.4 Å². The molecule has 24 heavy (non-hydrogen) atoms. The van der Waals surface area contributed by atoms with Crippen LogP contribution in [0.3, 0.4) is 0 Å². The Morgan fingerprint density at radius 2 is 2.04 bits per heavy atom. The summed E-state index contributed by atoms with van der Waals surface area (Å²) in [6.07, 6.45) is 5.75. The monoisotopic (exact) mass is 338 g/mol. The topological polar surface area (TPSA) is 87.0 Å². The van der Waals surface area contributed by atoms with E-state index in [0.717, 1.165) is 32.1 Å². The minimum atomic E-state index is -0.706. The van der Waals surface area contributed by atoms with Gasteiger partial charge in [0.1, 0.15) is 12.7 Å². The standard InChI is InChI=1S/C13H22O2.C6H8O3/c1-9-3-5-11-10(7-9)4-6-12(15)13(11,2)8-14;1-2-4-5(7)3-9-6(4)8/h10-12,14-15H,1,3-8H2,2H3;2,5,7H,3H2,1H3/b;4-2+. The summed E-state index contributed by atoms with van der Waals surface area (Å²) >= 11 is 0. The van der Waals surface area contributed by atoms with Crippen molar-refractivity contribution in [2.24, 2.45) is 17.3 Å². The van der Waals surface area contributed by atoms with Gasteiger partial charge in [-0.25, -0.2) is 4.79 Å². The number of hydrogen-bond donors (Lipinski definition) is 3. The van der Waals surface area contributed by atoms with Crippen molar-refractivity contribution in [2.45, 2.75) is 58.2 Å². The normalized spacial score (nSPS) is 40.6. The third-order valence-corrected chi connectivity index (χ3v) is 5.97. The van der Waals surface area contributed by atoms with E-state index in [-0.39, 0.29) is 24.7 Å². The van der Waals surface area contributed by atoms with E-state index in [1.165, 1.54) is 5.57 Å². The van der Waals surface area contributed by atoms with E-state index >= 15 is 0 Å². The van der Waals surface area contributed by atoms with Crippen molar-refractivity contribution in [2.75, 3.05) is 13.2 Å². The minimum absolute atomic E-state index is 0.110. The largest absolute Gasteiger partial charge is 0.459 e. The van der Waals surface area contributed by atoms with Crippen LogP contribution < -0.4 is 0 Å². The molecule has 136 valence electrons. The van der Waals surface area contributed by atoms with E-state index in [4.69, 9.17) is 5.11 Å². The molecule has 3 rings (SSSR count). The number of esters is 1. The first-order chi connectivity index (χ1) is 11.3.